The van der Waals surface area contributed by atoms with Gasteiger partial charge in [0.2, 0.25) is 5.91 Å². The molecule has 0 saturated carbocycles. The Morgan fingerprint density at radius 1 is 1.04 bits per heavy atom. The second kappa shape index (κ2) is 9.05. The first-order valence-corrected chi connectivity index (χ1v) is 8.43. The third kappa shape index (κ3) is 5.46. The summed E-state index contributed by atoms with van der Waals surface area (Å²) < 4.78 is 4.66. The molecule has 2 N–H and O–H groups in total. The Kier molecular flexibility index (Phi) is 6.79. The van der Waals surface area contributed by atoms with Crippen molar-refractivity contribution in [2.45, 2.75) is 0 Å². The summed E-state index contributed by atoms with van der Waals surface area (Å²) in [5, 5.41) is 5.91. The van der Waals surface area contributed by atoms with Crippen molar-refractivity contribution < 1.29 is 19.1 Å². The third-order valence-corrected chi connectivity index (χ3v) is 3.98. The Balaban J connectivity index is 1.95. The average Bonchev–Trinajstić information content (AvgIpc) is 2.66. The maximum absolute atomic E-state index is 12.1. The normalized spacial score (nSPS) is 10.1. The van der Waals surface area contributed by atoms with Gasteiger partial charge in [0.25, 0.3) is 5.91 Å². The predicted octanol–water partition coefficient (Wildman–Crippen LogP) is 2.88. The lowest BCUT2D eigenvalue weighted by Gasteiger charge is -2.12. The molecule has 8 heteroatoms. The Bertz CT molecular complexity index is 851. The Hall–Kier alpha value is -3.06. The summed E-state index contributed by atoms with van der Waals surface area (Å²) in [6.45, 7) is -0.0133. The average molecular weight is 390 g/mol. The van der Waals surface area contributed by atoms with Crippen molar-refractivity contribution in [3.05, 3.63) is 58.6 Å². The van der Waals surface area contributed by atoms with Gasteiger partial charge in [-0.25, -0.2) is 4.79 Å². The van der Waals surface area contributed by atoms with Crippen LogP contribution >= 0.6 is 11.6 Å². The zero-order chi connectivity index (χ0) is 20.0. The van der Waals surface area contributed by atoms with Crippen LogP contribution in [-0.4, -0.2) is 50.4 Å². The molecule has 0 unspecified atom stereocenters. The molecule has 0 aromatic heterocycles. The molecule has 0 radical (unpaired) electrons. The van der Waals surface area contributed by atoms with Gasteiger partial charge in [-0.1, -0.05) is 11.6 Å². The lowest BCUT2D eigenvalue weighted by atomic mass is 10.2. The molecule has 0 saturated heterocycles. The molecule has 142 valence electrons. The summed E-state index contributed by atoms with van der Waals surface area (Å²) in [5.41, 5.74) is 1.88. The van der Waals surface area contributed by atoms with E-state index in [1.165, 1.54) is 18.1 Å². The molecular formula is C19H20ClN3O4. The van der Waals surface area contributed by atoms with Crippen molar-refractivity contribution in [1.29, 1.82) is 0 Å². The summed E-state index contributed by atoms with van der Waals surface area (Å²) in [6.07, 6.45) is 0. The molecule has 0 aliphatic carbocycles. The van der Waals surface area contributed by atoms with Crippen molar-refractivity contribution in [1.82, 2.24) is 4.90 Å². The maximum atomic E-state index is 12.1. The fraction of sp³-hybridized carbons (Fsp3) is 0.211. The number of hydrogen-bond acceptors (Lipinski definition) is 5. The van der Waals surface area contributed by atoms with E-state index in [2.05, 4.69) is 15.4 Å². The first kappa shape index (κ1) is 20.3. The van der Waals surface area contributed by atoms with E-state index in [-0.39, 0.29) is 28.9 Å². The number of ether oxygens (including phenoxy) is 1. The minimum absolute atomic E-state index is 0.0133. The second-order valence-electron chi connectivity index (χ2n) is 5.86. The van der Waals surface area contributed by atoms with Crippen LogP contribution < -0.4 is 10.6 Å². The number of halogens is 1. The largest absolute Gasteiger partial charge is 0.465 e. The number of anilines is 2. The number of amides is 2. The van der Waals surface area contributed by atoms with Gasteiger partial charge in [0, 0.05) is 31.0 Å². The van der Waals surface area contributed by atoms with Gasteiger partial charge in [-0.3, -0.25) is 9.59 Å². The number of carbonyl (C=O) groups excluding carboxylic acids is 3. The molecule has 0 heterocycles. The summed E-state index contributed by atoms with van der Waals surface area (Å²) in [6, 6.07) is 11.3. The maximum Gasteiger partial charge on any atom is 0.339 e. The molecule has 0 fully saturated rings. The van der Waals surface area contributed by atoms with Gasteiger partial charge in [0.1, 0.15) is 0 Å². The number of hydrogen-bond donors (Lipinski definition) is 2. The van der Waals surface area contributed by atoms with Gasteiger partial charge in [-0.15, -0.1) is 0 Å². The molecule has 2 aromatic rings. The number of methoxy groups -OCH3 is 1. The first-order valence-electron chi connectivity index (χ1n) is 8.05. The SMILES string of the molecule is COC(=O)c1cc(NCC(=O)Nc2ccc(C(=O)N(C)C)cc2)ccc1Cl. The van der Waals surface area contributed by atoms with Gasteiger partial charge < -0.3 is 20.3 Å². The minimum Gasteiger partial charge on any atom is -0.465 e. The Morgan fingerprint density at radius 3 is 2.26 bits per heavy atom. The van der Waals surface area contributed by atoms with E-state index >= 15 is 0 Å². The monoisotopic (exact) mass is 389 g/mol. The summed E-state index contributed by atoms with van der Waals surface area (Å²) in [4.78, 5) is 37.1. The predicted molar refractivity (Wildman–Crippen MR) is 104 cm³/mol. The quantitative estimate of drug-likeness (QED) is 0.742. The number of rotatable bonds is 6. The Morgan fingerprint density at radius 2 is 1.67 bits per heavy atom. The Labute approximate surface area is 162 Å². The van der Waals surface area contributed by atoms with E-state index < -0.39 is 5.97 Å². The second-order valence-corrected chi connectivity index (χ2v) is 6.27. The highest BCUT2D eigenvalue weighted by atomic mass is 35.5. The van der Waals surface area contributed by atoms with Crippen molar-refractivity contribution in [2.75, 3.05) is 38.4 Å². The fourth-order valence-corrected chi connectivity index (χ4v) is 2.44. The van der Waals surface area contributed by atoms with Crippen molar-refractivity contribution >= 4 is 40.8 Å². The van der Waals surface area contributed by atoms with Gasteiger partial charge in [0.05, 0.1) is 24.2 Å². The molecule has 0 atom stereocenters. The topological polar surface area (TPSA) is 87.7 Å². The molecular weight excluding hydrogens is 370 g/mol. The van der Waals surface area contributed by atoms with E-state index in [0.717, 1.165) is 0 Å². The number of benzene rings is 2. The van der Waals surface area contributed by atoms with Crippen molar-refractivity contribution in [2.24, 2.45) is 0 Å². The minimum atomic E-state index is -0.555. The van der Waals surface area contributed by atoms with Crippen LogP contribution in [0.15, 0.2) is 42.5 Å². The zero-order valence-electron chi connectivity index (χ0n) is 15.2. The highest BCUT2D eigenvalue weighted by Gasteiger charge is 2.12. The van der Waals surface area contributed by atoms with E-state index in [4.69, 9.17) is 11.6 Å². The summed E-state index contributed by atoms with van der Waals surface area (Å²) in [7, 11) is 4.61. The van der Waals surface area contributed by atoms with Crippen LogP contribution in [0, 0.1) is 0 Å². The van der Waals surface area contributed by atoms with E-state index in [1.807, 2.05) is 0 Å². The van der Waals surface area contributed by atoms with Crippen LogP contribution in [0.1, 0.15) is 20.7 Å². The summed E-state index contributed by atoms with van der Waals surface area (Å²) >= 11 is 5.96. The molecule has 0 bridgehead atoms. The molecule has 0 aliphatic rings. The van der Waals surface area contributed by atoms with Gasteiger partial charge >= 0.3 is 5.97 Å². The molecule has 0 spiro atoms. The van der Waals surface area contributed by atoms with Crippen LogP contribution in [0.25, 0.3) is 0 Å². The number of nitrogens with one attached hydrogen (secondary N) is 2. The van der Waals surface area contributed by atoms with Crippen LogP contribution in [0.3, 0.4) is 0 Å². The fourth-order valence-electron chi connectivity index (χ4n) is 2.24. The third-order valence-electron chi connectivity index (χ3n) is 3.65. The number of nitrogens with zero attached hydrogens (tertiary/aromatic N) is 1. The van der Waals surface area contributed by atoms with E-state index in [9.17, 15) is 14.4 Å². The van der Waals surface area contributed by atoms with Gasteiger partial charge in [0.15, 0.2) is 0 Å². The van der Waals surface area contributed by atoms with E-state index in [1.54, 1.807) is 50.5 Å². The molecule has 2 aromatic carbocycles. The molecule has 27 heavy (non-hydrogen) atoms. The van der Waals surface area contributed by atoms with Crippen molar-refractivity contribution in [3.8, 4) is 0 Å². The van der Waals surface area contributed by atoms with Gasteiger partial charge in [-0.2, -0.15) is 0 Å². The molecule has 7 nitrogen and oxygen atoms in total. The molecule has 2 amide bonds. The first-order chi connectivity index (χ1) is 12.8. The highest BCUT2D eigenvalue weighted by molar-refractivity contribution is 6.33. The van der Waals surface area contributed by atoms with Crippen LogP contribution in [0.5, 0.6) is 0 Å². The van der Waals surface area contributed by atoms with Crippen LogP contribution in [0.4, 0.5) is 11.4 Å². The highest BCUT2D eigenvalue weighted by Crippen LogP contribution is 2.21. The summed E-state index contributed by atoms with van der Waals surface area (Å²) in [5.74, 6) is -0.949. The smallest absolute Gasteiger partial charge is 0.339 e. The lowest BCUT2D eigenvalue weighted by Crippen LogP contribution is -2.23. The van der Waals surface area contributed by atoms with Crippen LogP contribution in [-0.2, 0) is 9.53 Å². The molecule has 0 aliphatic heterocycles. The molecule has 2 rings (SSSR count). The standard InChI is InChI=1S/C19H20ClN3O4/c1-23(2)18(25)12-4-6-13(7-5-12)22-17(24)11-21-14-8-9-16(20)15(10-14)19(26)27-3/h4-10,21H,11H2,1-3H3,(H,22,24). The van der Waals surface area contributed by atoms with Crippen molar-refractivity contribution in [3.63, 3.8) is 0 Å². The van der Waals surface area contributed by atoms with E-state index in [0.29, 0.717) is 16.9 Å². The van der Waals surface area contributed by atoms with Crippen LogP contribution in [0.2, 0.25) is 5.02 Å². The number of esters is 1. The number of carbonyl (C=O) groups is 3. The van der Waals surface area contributed by atoms with Gasteiger partial charge in [-0.05, 0) is 42.5 Å². The zero-order valence-corrected chi connectivity index (χ0v) is 16.0. The lowest BCUT2D eigenvalue weighted by molar-refractivity contribution is -0.114.